The summed E-state index contributed by atoms with van der Waals surface area (Å²) in [5.41, 5.74) is 3.36. The SMILES string of the molecule is CCC(=Nc1cnn(C(C)C)c1)c1c(O)[nH]c2ccc(C(=O)NCC3(C)COC3)cc12. The summed E-state index contributed by atoms with van der Waals surface area (Å²) < 4.78 is 7.10. The summed E-state index contributed by atoms with van der Waals surface area (Å²) in [7, 11) is 0. The number of aliphatic imine (C=N–C) groups is 1. The zero-order valence-corrected chi connectivity index (χ0v) is 18.4. The van der Waals surface area contributed by atoms with E-state index in [9.17, 15) is 9.90 Å². The normalized spacial score (nSPS) is 16.0. The number of nitrogens with one attached hydrogen (secondary N) is 2. The van der Waals surface area contributed by atoms with Crippen LogP contribution >= 0.6 is 0 Å². The van der Waals surface area contributed by atoms with Gasteiger partial charge in [0.25, 0.3) is 5.91 Å². The fourth-order valence-corrected chi connectivity index (χ4v) is 3.70. The molecule has 0 radical (unpaired) electrons. The van der Waals surface area contributed by atoms with E-state index in [1.54, 1.807) is 18.3 Å². The Labute approximate surface area is 181 Å². The number of nitrogens with zero attached hydrogens (tertiary/aromatic N) is 3. The molecule has 0 spiro atoms. The van der Waals surface area contributed by atoms with E-state index in [0.717, 1.165) is 22.3 Å². The molecule has 0 unspecified atom stereocenters. The van der Waals surface area contributed by atoms with Crippen molar-refractivity contribution in [2.24, 2.45) is 10.4 Å². The second kappa shape index (κ2) is 8.19. The molecule has 4 rings (SSSR count). The van der Waals surface area contributed by atoms with Crippen LogP contribution in [0.15, 0.2) is 35.6 Å². The van der Waals surface area contributed by atoms with Gasteiger partial charge in [0.2, 0.25) is 0 Å². The lowest BCUT2D eigenvalue weighted by atomic mass is 9.88. The molecule has 1 fully saturated rings. The lowest BCUT2D eigenvalue weighted by molar-refractivity contribution is -0.0978. The Morgan fingerprint density at radius 3 is 2.81 bits per heavy atom. The van der Waals surface area contributed by atoms with Gasteiger partial charge in [0.05, 0.1) is 36.9 Å². The van der Waals surface area contributed by atoms with Crippen molar-refractivity contribution < 1.29 is 14.6 Å². The number of ether oxygens (including phenoxy) is 1. The van der Waals surface area contributed by atoms with Crippen molar-refractivity contribution in [2.75, 3.05) is 19.8 Å². The van der Waals surface area contributed by atoms with Crippen molar-refractivity contribution in [3.63, 3.8) is 0 Å². The molecule has 8 nitrogen and oxygen atoms in total. The van der Waals surface area contributed by atoms with Gasteiger partial charge in [-0.3, -0.25) is 9.48 Å². The van der Waals surface area contributed by atoms with E-state index in [2.05, 4.69) is 36.2 Å². The molecule has 3 aromatic rings. The van der Waals surface area contributed by atoms with E-state index >= 15 is 0 Å². The van der Waals surface area contributed by atoms with Gasteiger partial charge >= 0.3 is 0 Å². The third-order valence-electron chi connectivity index (χ3n) is 5.62. The standard InChI is InChI=1S/C23H29N5O3/c1-5-18(26-16-9-25-28(10-16)14(2)3)20-17-8-15(6-7-19(17)27-22(20)30)21(29)24-11-23(4)12-31-13-23/h6-10,14,27,30H,5,11-13H2,1-4H3,(H,24,29). The molecule has 0 atom stereocenters. The van der Waals surface area contributed by atoms with Gasteiger partial charge < -0.3 is 20.1 Å². The van der Waals surface area contributed by atoms with Crippen molar-refractivity contribution in [3.05, 3.63) is 41.7 Å². The van der Waals surface area contributed by atoms with E-state index in [1.165, 1.54) is 0 Å². The lowest BCUT2D eigenvalue weighted by Gasteiger charge is -2.38. The molecular formula is C23H29N5O3. The fourth-order valence-electron chi connectivity index (χ4n) is 3.70. The number of hydrogen-bond acceptors (Lipinski definition) is 5. The molecule has 164 valence electrons. The first-order valence-corrected chi connectivity index (χ1v) is 10.6. The second-order valence-electron chi connectivity index (χ2n) is 8.78. The van der Waals surface area contributed by atoms with Crippen molar-refractivity contribution in [2.45, 2.75) is 40.2 Å². The smallest absolute Gasteiger partial charge is 0.251 e. The minimum absolute atomic E-state index is 0.000258. The van der Waals surface area contributed by atoms with Crippen LogP contribution in [-0.4, -0.2) is 51.2 Å². The highest BCUT2D eigenvalue weighted by Crippen LogP contribution is 2.31. The number of fused-ring (bicyclic) bond motifs is 1. The Bertz CT molecular complexity index is 1140. The predicted octanol–water partition coefficient (Wildman–Crippen LogP) is 3.95. The highest BCUT2D eigenvalue weighted by Gasteiger charge is 2.33. The third kappa shape index (κ3) is 4.20. The molecule has 1 aliphatic heterocycles. The first kappa shape index (κ1) is 21.1. The maximum atomic E-state index is 12.7. The van der Waals surface area contributed by atoms with E-state index < -0.39 is 0 Å². The van der Waals surface area contributed by atoms with E-state index in [4.69, 9.17) is 9.73 Å². The van der Waals surface area contributed by atoms with Gasteiger partial charge in [-0.15, -0.1) is 0 Å². The summed E-state index contributed by atoms with van der Waals surface area (Å²) in [6, 6.07) is 5.61. The largest absolute Gasteiger partial charge is 0.494 e. The minimum Gasteiger partial charge on any atom is -0.494 e. The zero-order chi connectivity index (χ0) is 22.2. The van der Waals surface area contributed by atoms with E-state index in [1.807, 2.05) is 23.9 Å². The van der Waals surface area contributed by atoms with Gasteiger partial charge in [0.1, 0.15) is 5.69 Å². The summed E-state index contributed by atoms with van der Waals surface area (Å²) in [5, 5.41) is 18.7. The zero-order valence-electron chi connectivity index (χ0n) is 18.4. The highest BCUT2D eigenvalue weighted by molar-refractivity contribution is 6.14. The highest BCUT2D eigenvalue weighted by atomic mass is 16.5. The Hall–Kier alpha value is -3.13. The Morgan fingerprint density at radius 1 is 1.42 bits per heavy atom. The monoisotopic (exact) mass is 423 g/mol. The van der Waals surface area contributed by atoms with Crippen LogP contribution in [0.2, 0.25) is 0 Å². The number of H-pyrrole nitrogens is 1. The number of aromatic nitrogens is 3. The van der Waals surface area contributed by atoms with Crippen LogP contribution in [0.3, 0.4) is 0 Å². The number of aromatic hydroxyl groups is 1. The molecule has 0 saturated carbocycles. The number of hydrogen-bond donors (Lipinski definition) is 3. The number of benzene rings is 1. The molecule has 0 aliphatic carbocycles. The topological polar surface area (TPSA) is 105 Å². The van der Waals surface area contributed by atoms with Gasteiger partial charge in [0, 0.05) is 34.5 Å². The molecule has 8 heteroatoms. The van der Waals surface area contributed by atoms with Crippen LogP contribution in [-0.2, 0) is 4.74 Å². The molecule has 0 bridgehead atoms. The van der Waals surface area contributed by atoms with Crippen molar-refractivity contribution >= 4 is 28.2 Å². The van der Waals surface area contributed by atoms with Crippen molar-refractivity contribution in [1.82, 2.24) is 20.1 Å². The Balaban J connectivity index is 1.66. The molecule has 31 heavy (non-hydrogen) atoms. The molecule has 3 heterocycles. The quantitative estimate of drug-likeness (QED) is 0.501. The molecule has 2 aromatic heterocycles. The van der Waals surface area contributed by atoms with E-state index in [-0.39, 0.29) is 23.2 Å². The summed E-state index contributed by atoms with van der Waals surface area (Å²) in [4.78, 5) is 20.5. The average molecular weight is 424 g/mol. The van der Waals surface area contributed by atoms with Gasteiger partial charge in [-0.25, -0.2) is 4.99 Å². The summed E-state index contributed by atoms with van der Waals surface area (Å²) in [6.07, 6.45) is 4.21. The molecule has 1 saturated heterocycles. The van der Waals surface area contributed by atoms with Crippen molar-refractivity contribution in [1.29, 1.82) is 0 Å². The minimum atomic E-state index is -0.144. The lowest BCUT2D eigenvalue weighted by Crippen LogP contribution is -2.48. The maximum absolute atomic E-state index is 12.7. The molecule has 1 amide bonds. The van der Waals surface area contributed by atoms with Gasteiger partial charge in [-0.1, -0.05) is 13.8 Å². The van der Waals surface area contributed by atoms with Crippen LogP contribution in [0.4, 0.5) is 5.69 Å². The van der Waals surface area contributed by atoms with E-state index in [0.29, 0.717) is 37.3 Å². The van der Waals surface area contributed by atoms with Crippen LogP contribution in [0.1, 0.15) is 56.1 Å². The Morgan fingerprint density at radius 2 is 2.19 bits per heavy atom. The first-order valence-electron chi connectivity index (χ1n) is 10.6. The maximum Gasteiger partial charge on any atom is 0.251 e. The number of aromatic amines is 1. The van der Waals surface area contributed by atoms with Gasteiger partial charge in [-0.2, -0.15) is 5.10 Å². The number of amides is 1. The van der Waals surface area contributed by atoms with Crippen LogP contribution < -0.4 is 5.32 Å². The van der Waals surface area contributed by atoms with Gasteiger partial charge in [-0.05, 0) is 38.5 Å². The van der Waals surface area contributed by atoms with Crippen LogP contribution in [0, 0.1) is 5.41 Å². The second-order valence-corrected chi connectivity index (χ2v) is 8.78. The summed E-state index contributed by atoms with van der Waals surface area (Å²) >= 11 is 0. The summed E-state index contributed by atoms with van der Waals surface area (Å²) in [5.74, 6) is -0.0987. The number of rotatable bonds is 7. The first-order chi connectivity index (χ1) is 14.8. The number of carbonyl (C=O) groups is 1. The third-order valence-corrected chi connectivity index (χ3v) is 5.62. The van der Waals surface area contributed by atoms with Gasteiger partial charge in [0.15, 0.2) is 5.88 Å². The average Bonchev–Trinajstić information content (AvgIpc) is 3.32. The summed E-state index contributed by atoms with van der Waals surface area (Å²) in [6.45, 7) is 10.1. The number of carbonyl (C=O) groups excluding carboxylic acids is 1. The molecular weight excluding hydrogens is 394 g/mol. The predicted molar refractivity (Wildman–Crippen MR) is 120 cm³/mol. The van der Waals surface area contributed by atoms with Crippen LogP contribution in [0.5, 0.6) is 5.88 Å². The molecule has 1 aliphatic rings. The molecule has 3 N–H and O–H groups in total. The van der Waals surface area contributed by atoms with Crippen molar-refractivity contribution in [3.8, 4) is 5.88 Å². The fraction of sp³-hybridized carbons (Fsp3) is 0.435. The molecule has 1 aromatic carbocycles. The van der Waals surface area contributed by atoms with Crippen LogP contribution in [0.25, 0.3) is 10.9 Å². The Kier molecular flexibility index (Phi) is 5.58.